The molecular weight excluding hydrogens is 296 g/mol. The molecule has 2 amide bonds. The number of fused-ring (bicyclic) bond motifs is 2. The average molecular weight is 316 g/mol. The number of likely N-dealkylation sites (tertiary alicyclic amines) is 1. The molecule has 1 aromatic carbocycles. The van der Waals surface area contributed by atoms with Gasteiger partial charge in [-0.2, -0.15) is 0 Å². The van der Waals surface area contributed by atoms with Gasteiger partial charge in [0.1, 0.15) is 0 Å². The summed E-state index contributed by atoms with van der Waals surface area (Å²) in [7, 11) is 1.70. The highest BCUT2D eigenvalue weighted by atomic mass is 16.7. The number of amides is 2. The Hall–Kier alpha value is -1.92. The number of carbonyl (C=O) groups excluding carboxylic acids is 2. The highest BCUT2D eigenvalue weighted by molar-refractivity contribution is 6.07. The van der Waals surface area contributed by atoms with Crippen molar-refractivity contribution in [1.29, 1.82) is 0 Å². The standard InChI is InChI=1S/C17H20N2O4/c1-18-14-6-5-12(15(20)19-7-3-2-4-8-19)11-13(14)17(16(18)21)22-9-10-23-17/h5-6,11H,2-4,7-10H2,1H3. The van der Waals surface area contributed by atoms with Gasteiger partial charge >= 0.3 is 0 Å². The number of hydrogen-bond acceptors (Lipinski definition) is 4. The van der Waals surface area contributed by atoms with E-state index in [1.165, 1.54) is 11.3 Å². The topological polar surface area (TPSA) is 59.1 Å². The molecular formula is C17H20N2O4. The summed E-state index contributed by atoms with van der Waals surface area (Å²) in [6.07, 6.45) is 3.28. The number of carbonyl (C=O) groups is 2. The van der Waals surface area contributed by atoms with Crippen LogP contribution in [0.2, 0.25) is 0 Å². The molecule has 122 valence electrons. The fraction of sp³-hybridized carbons (Fsp3) is 0.529. The maximum atomic E-state index is 12.7. The number of likely N-dealkylation sites (N-methyl/N-ethyl adjacent to an activating group) is 1. The predicted molar refractivity (Wildman–Crippen MR) is 83.2 cm³/mol. The van der Waals surface area contributed by atoms with Crippen LogP contribution in [-0.4, -0.2) is 50.1 Å². The second kappa shape index (κ2) is 5.32. The molecule has 3 aliphatic rings. The molecule has 2 fully saturated rings. The van der Waals surface area contributed by atoms with Gasteiger partial charge in [0.25, 0.3) is 17.6 Å². The van der Waals surface area contributed by atoms with Gasteiger partial charge in [-0.3, -0.25) is 9.59 Å². The lowest BCUT2D eigenvalue weighted by Gasteiger charge is -2.27. The first-order valence-electron chi connectivity index (χ1n) is 8.13. The summed E-state index contributed by atoms with van der Waals surface area (Å²) in [5.74, 6) is -1.57. The Balaban J connectivity index is 1.72. The zero-order chi connectivity index (χ0) is 16.0. The van der Waals surface area contributed by atoms with E-state index in [4.69, 9.17) is 9.47 Å². The fourth-order valence-electron chi connectivity index (χ4n) is 3.64. The van der Waals surface area contributed by atoms with Crippen molar-refractivity contribution in [2.24, 2.45) is 0 Å². The fourth-order valence-corrected chi connectivity index (χ4v) is 3.64. The van der Waals surface area contributed by atoms with Gasteiger partial charge in [0.05, 0.1) is 18.9 Å². The molecule has 0 atom stereocenters. The van der Waals surface area contributed by atoms with E-state index in [0.29, 0.717) is 24.3 Å². The molecule has 6 heteroatoms. The molecule has 0 aromatic heterocycles. The molecule has 0 N–H and O–H groups in total. The lowest BCUT2D eigenvalue weighted by Crippen LogP contribution is -2.39. The van der Waals surface area contributed by atoms with Crippen molar-refractivity contribution in [1.82, 2.24) is 4.90 Å². The molecule has 3 heterocycles. The van der Waals surface area contributed by atoms with Crippen molar-refractivity contribution in [3.8, 4) is 0 Å². The minimum Gasteiger partial charge on any atom is -0.339 e. The van der Waals surface area contributed by atoms with Gasteiger partial charge in [-0.05, 0) is 37.5 Å². The Morgan fingerprint density at radius 2 is 1.83 bits per heavy atom. The number of benzene rings is 1. The molecule has 0 saturated carbocycles. The Kier molecular flexibility index (Phi) is 3.39. The summed E-state index contributed by atoms with van der Waals surface area (Å²) in [5, 5.41) is 0. The van der Waals surface area contributed by atoms with E-state index in [0.717, 1.165) is 31.6 Å². The van der Waals surface area contributed by atoms with Crippen LogP contribution >= 0.6 is 0 Å². The highest BCUT2D eigenvalue weighted by Gasteiger charge is 2.55. The van der Waals surface area contributed by atoms with Crippen LogP contribution in [0.15, 0.2) is 18.2 Å². The molecule has 0 radical (unpaired) electrons. The Bertz CT molecular complexity index is 661. The Morgan fingerprint density at radius 1 is 1.13 bits per heavy atom. The third-order valence-corrected chi connectivity index (χ3v) is 4.88. The van der Waals surface area contributed by atoms with Crippen LogP contribution in [0.25, 0.3) is 0 Å². The molecule has 1 spiro atoms. The van der Waals surface area contributed by atoms with Gasteiger partial charge in [0, 0.05) is 31.3 Å². The number of ether oxygens (including phenoxy) is 2. The average Bonchev–Trinajstić information content (AvgIpc) is 3.17. The van der Waals surface area contributed by atoms with Crippen LogP contribution in [0.5, 0.6) is 0 Å². The second-order valence-electron chi connectivity index (χ2n) is 6.26. The summed E-state index contributed by atoms with van der Waals surface area (Å²) in [6, 6.07) is 5.36. The number of rotatable bonds is 1. The van der Waals surface area contributed by atoms with Crippen molar-refractivity contribution in [2.45, 2.75) is 25.0 Å². The first-order valence-corrected chi connectivity index (χ1v) is 8.13. The Labute approximate surface area is 134 Å². The van der Waals surface area contributed by atoms with Crippen LogP contribution < -0.4 is 4.90 Å². The third-order valence-electron chi connectivity index (χ3n) is 4.88. The quantitative estimate of drug-likeness (QED) is 0.787. The summed E-state index contributed by atoms with van der Waals surface area (Å²) in [6.45, 7) is 2.35. The molecule has 0 bridgehead atoms. The highest BCUT2D eigenvalue weighted by Crippen LogP contribution is 2.45. The van der Waals surface area contributed by atoms with Crippen LogP contribution in [0.3, 0.4) is 0 Å². The van der Waals surface area contributed by atoms with E-state index >= 15 is 0 Å². The largest absolute Gasteiger partial charge is 0.339 e. The number of anilines is 1. The molecule has 4 rings (SSSR count). The first kappa shape index (κ1) is 14.7. The van der Waals surface area contributed by atoms with Crippen molar-refractivity contribution in [2.75, 3.05) is 38.3 Å². The van der Waals surface area contributed by atoms with Gasteiger partial charge in [0.2, 0.25) is 0 Å². The van der Waals surface area contributed by atoms with Gasteiger partial charge < -0.3 is 19.3 Å². The first-order chi connectivity index (χ1) is 11.1. The molecule has 23 heavy (non-hydrogen) atoms. The lowest BCUT2D eigenvalue weighted by molar-refractivity contribution is -0.180. The summed E-state index contributed by atoms with van der Waals surface area (Å²) in [4.78, 5) is 28.7. The molecule has 3 aliphatic heterocycles. The summed E-state index contributed by atoms with van der Waals surface area (Å²) < 4.78 is 11.3. The SMILES string of the molecule is CN1C(=O)C2(OCCO2)c2cc(C(=O)N3CCCCC3)ccc21. The zero-order valence-corrected chi connectivity index (χ0v) is 13.2. The van der Waals surface area contributed by atoms with Gasteiger partial charge in [-0.15, -0.1) is 0 Å². The van der Waals surface area contributed by atoms with Gasteiger partial charge in [-0.25, -0.2) is 0 Å². The summed E-state index contributed by atoms with van der Waals surface area (Å²) >= 11 is 0. The van der Waals surface area contributed by atoms with Crippen LogP contribution in [0.4, 0.5) is 5.69 Å². The van der Waals surface area contributed by atoms with E-state index in [1.807, 2.05) is 11.0 Å². The van der Waals surface area contributed by atoms with E-state index < -0.39 is 5.79 Å². The van der Waals surface area contributed by atoms with Gasteiger partial charge in [-0.1, -0.05) is 0 Å². The van der Waals surface area contributed by atoms with E-state index in [1.54, 1.807) is 19.2 Å². The van der Waals surface area contributed by atoms with Gasteiger partial charge in [0.15, 0.2) is 0 Å². The van der Waals surface area contributed by atoms with E-state index in [-0.39, 0.29) is 11.8 Å². The lowest BCUT2D eigenvalue weighted by atomic mass is 10.0. The second-order valence-corrected chi connectivity index (χ2v) is 6.26. The maximum absolute atomic E-state index is 12.7. The normalized spacial score (nSPS) is 22.7. The van der Waals surface area contributed by atoms with E-state index in [2.05, 4.69) is 0 Å². The number of piperidine rings is 1. The molecule has 0 unspecified atom stereocenters. The van der Waals surface area contributed by atoms with Crippen LogP contribution in [0.1, 0.15) is 35.2 Å². The monoisotopic (exact) mass is 316 g/mol. The molecule has 2 saturated heterocycles. The minimum atomic E-state index is -1.36. The number of nitrogens with zero attached hydrogens (tertiary/aromatic N) is 2. The Morgan fingerprint density at radius 3 is 2.52 bits per heavy atom. The van der Waals surface area contributed by atoms with Crippen molar-refractivity contribution < 1.29 is 19.1 Å². The van der Waals surface area contributed by atoms with Crippen molar-refractivity contribution >= 4 is 17.5 Å². The predicted octanol–water partition coefficient (Wildman–Crippen LogP) is 1.49. The maximum Gasteiger partial charge on any atom is 0.292 e. The summed E-state index contributed by atoms with van der Waals surface area (Å²) in [5.41, 5.74) is 1.98. The number of hydrogen-bond donors (Lipinski definition) is 0. The molecule has 0 aliphatic carbocycles. The molecule has 1 aromatic rings. The molecule has 6 nitrogen and oxygen atoms in total. The van der Waals surface area contributed by atoms with Crippen LogP contribution in [0, 0.1) is 0 Å². The van der Waals surface area contributed by atoms with Crippen molar-refractivity contribution in [3.63, 3.8) is 0 Å². The van der Waals surface area contributed by atoms with Crippen LogP contribution in [-0.2, 0) is 20.1 Å². The third kappa shape index (κ3) is 2.09. The van der Waals surface area contributed by atoms with Crippen molar-refractivity contribution in [3.05, 3.63) is 29.3 Å². The van der Waals surface area contributed by atoms with E-state index in [9.17, 15) is 9.59 Å². The minimum absolute atomic E-state index is 0.0163. The smallest absolute Gasteiger partial charge is 0.292 e. The zero-order valence-electron chi connectivity index (χ0n) is 13.2.